The topological polar surface area (TPSA) is 49.7 Å². The standard InChI is InChI=1S/C15H26O3/c1-9-4-6-13(11(3)8-16)14-12(9)7-5-10(2)15(14)18-17/h9,11-17H,2,4-8H2,1,3H3/t9-,11+,12+,13+,14+,15-/m1/s1. The maximum Gasteiger partial charge on any atom is 0.117 e. The monoisotopic (exact) mass is 254 g/mol. The molecule has 2 rings (SSSR count). The van der Waals surface area contributed by atoms with Gasteiger partial charge in [0.2, 0.25) is 0 Å². The first kappa shape index (κ1) is 14.0. The van der Waals surface area contributed by atoms with Crippen LogP contribution in [0.25, 0.3) is 0 Å². The van der Waals surface area contributed by atoms with Gasteiger partial charge in [-0.05, 0) is 54.4 Å². The summed E-state index contributed by atoms with van der Waals surface area (Å²) >= 11 is 0. The van der Waals surface area contributed by atoms with Crippen molar-refractivity contribution in [2.24, 2.45) is 29.6 Å². The Morgan fingerprint density at radius 1 is 1.39 bits per heavy atom. The van der Waals surface area contributed by atoms with Gasteiger partial charge in [-0.25, -0.2) is 4.89 Å². The second-order valence-corrected chi connectivity index (χ2v) is 6.34. The van der Waals surface area contributed by atoms with Gasteiger partial charge < -0.3 is 5.11 Å². The van der Waals surface area contributed by atoms with E-state index in [0.29, 0.717) is 23.7 Å². The SMILES string of the molecule is C=C1CC[C@@H]2[C@@H]([C@H]([C@@H](C)CO)CC[C@H]2C)[C@@H]1OO. The van der Waals surface area contributed by atoms with Crippen LogP contribution in [0.2, 0.25) is 0 Å². The summed E-state index contributed by atoms with van der Waals surface area (Å²) in [5.74, 6) is 2.31. The van der Waals surface area contributed by atoms with Crippen molar-refractivity contribution in [1.29, 1.82) is 0 Å². The van der Waals surface area contributed by atoms with Crippen molar-refractivity contribution >= 4 is 0 Å². The number of aliphatic hydroxyl groups excluding tert-OH is 1. The summed E-state index contributed by atoms with van der Waals surface area (Å²) in [7, 11) is 0. The van der Waals surface area contributed by atoms with Gasteiger partial charge in [-0.15, -0.1) is 0 Å². The van der Waals surface area contributed by atoms with Gasteiger partial charge in [-0.3, -0.25) is 5.26 Å². The minimum absolute atomic E-state index is 0.215. The van der Waals surface area contributed by atoms with Gasteiger partial charge in [0.25, 0.3) is 0 Å². The van der Waals surface area contributed by atoms with Gasteiger partial charge >= 0.3 is 0 Å². The zero-order valence-corrected chi connectivity index (χ0v) is 11.5. The summed E-state index contributed by atoms with van der Waals surface area (Å²) < 4.78 is 0. The summed E-state index contributed by atoms with van der Waals surface area (Å²) in [5.41, 5.74) is 1.02. The van der Waals surface area contributed by atoms with E-state index in [1.807, 2.05) is 0 Å². The van der Waals surface area contributed by atoms with Crippen LogP contribution in [0.4, 0.5) is 0 Å². The molecule has 6 atom stereocenters. The molecule has 3 nitrogen and oxygen atoms in total. The molecule has 0 heterocycles. The lowest BCUT2D eigenvalue weighted by atomic mass is 9.57. The second-order valence-electron chi connectivity index (χ2n) is 6.34. The average molecular weight is 254 g/mol. The quantitative estimate of drug-likeness (QED) is 0.462. The molecule has 0 saturated heterocycles. The molecular weight excluding hydrogens is 228 g/mol. The van der Waals surface area contributed by atoms with E-state index in [1.54, 1.807) is 0 Å². The van der Waals surface area contributed by atoms with Crippen LogP contribution >= 0.6 is 0 Å². The summed E-state index contributed by atoms with van der Waals surface area (Å²) in [4.78, 5) is 4.76. The first-order valence-electron chi connectivity index (χ1n) is 7.18. The molecule has 3 heteroatoms. The molecule has 0 spiro atoms. The molecule has 2 aliphatic carbocycles. The minimum atomic E-state index is -0.231. The van der Waals surface area contributed by atoms with E-state index in [9.17, 15) is 10.4 Å². The smallest absolute Gasteiger partial charge is 0.117 e. The Labute approximate surface area is 110 Å². The molecule has 0 aliphatic heterocycles. The van der Waals surface area contributed by atoms with Gasteiger partial charge in [0.05, 0.1) is 0 Å². The van der Waals surface area contributed by atoms with E-state index in [4.69, 9.17) is 4.89 Å². The molecule has 2 N–H and O–H groups in total. The van der Waals surface area contributed by atoms with Crippen molar-refractivity contribution in [3.8, 4) is 0 Å². The average Bonchev–Trinajstić information content (AvgIpc) is 2.38. The third-order valence-electron chi connectivity index (χ3n) is 5.36. The van der Waals surface area contributed by atoms with E-state index in [1.165, 1.54) is 6.42 Å². The predicted octanol–water partition coefficient (Wildman–Crippen LogP) is 3.10. The van der Waals surface area contributed by atoms with E-state index < -0.39 is 0 Å². The molecule has 0 aromatic rings. The molecule has 0 radical (unpaired) electrons. The number of hydrogen-bond acceptors (Lipinski definition) is 3. The fraction of sp³-hybridized carbons (Fsp3) is 0.867. The predicted molar refractivity (Wildman–Crippen MR) is 71.0 cm³/mol. The minimum Gasteiger partial charge on any atom is -0.396 e. The van der Waals surface area contributed by atoms with Crippen LogP contribution in [-0.2, 0) is 4.89 Å². The zero-order valence-electron chi connectivity index (χ0n) is 11.5. The molecule has 2 saturated carbocycles. The van der Waals surface area contributed by atoms with Crippen LogP contribution < -0.4 is 0 Å². The number of fused-ring (bicyclic) bond motifs is 1. The third kappa shape index (κ3) is 2.36. The van der Waals surface area contributed by atoms with Crippen LogP contribution in [0, 0.1) is 29.6 Å². The molecule has 0 bridgehead atoms. The molecular formula is C15H26O3. The number of rotatable bonds is 3. The van der Waals surface area contributed by atoms with Crippen molar-refractivity contribution in [3.05, 3.63) is 12.2 Å². The highest BCUT2D eigenvalue weighted by atomic mass is 17.1. The fourth-order valence-corrected chi connectivity index (χ4v) is 4.20. The second kappa shape index (κ2) is 5.72. The number of aliphatic hydroxyl groups is 1. The Morgan fingerprint density at radius 2 is 2.11 bits per heavy atom. The molecule has 0 unspecified atom stereocenters. The highest BCUT2D eigenvalue weighted by Crippen LogP contribution is 2.50. The summed E-state index contributed by atoms with van der Waals surface area (Å²) in [6.45, 7) is 8.68. The van der Waals surface area contributed by atoms with Crippen LogP contribution in [0.1, 0.15) is 39.5 Å². The number of hydrogen-bond donors (Lipinski definition) is 2. The molecule has 104 valence electrons. The van der Waals surface area contributed by atoms with E-state index in [2.05, 4.69) is 20.4 Å². The van der Waals surface area contributed by atoms with Crippen LogP contribution in [-0.4, -0.2) is 23.1 Å². The normalized spacial score (nSPS) is 42.4. The highest BCUT2D eigenvalue weighted by molar-refractivity contribution is 5.12. The molecule has 2 aliphatic rings. The Kier molecular flexibility index (Phi) is 4.46. The Morgan fingerprint density at radius 3 is 2.72 bits per heavy atom. The van der Waals surface area contributed by atoms with Gasteiger partial charge in [0.1, 0.15) is 6.10 Å². The maximum absolute atomic E-state index is 9.44. The van der Waals surface area contributed by atoms with Crippen molar-refractivity contribution in [1.82, 2.24) is 0 Å². The lowest BCUT2D eigenvalue weighted by Gasteiger charge is -2.50. The van der Waals surface area contributed by atoms with E-state index in [0.717, 1.165) is 24.8 Å². The lowest BCUT2D eigenvalue weighted by Crippen LogP contribution is -2.47. The summed E-state index contributed by atoms with van der Waals surface area (Å²) in [6.07, 6.45) is 4.22. The molecule has 0 amide bonds. The van der Waals surface area contributed by atoms with Crippen LogP contribution in [0.5, 0.6) is 0 Å². The van der Waals surface area contributed by atoms with Crippen molar-refractivity contribution < 1.29 is 15.3 Å². The first-order valence-corrected chi connectivity index (χ1v) is 7.18. The molecule has 2 fully saturated rings. The Bertz CT molecular complexity index is 302. The molecule has 0 aromatic carbocycles. The lowest BCUT2D eigenvalue weighted by molar-refractivity contribution is -0.296. The maximum atomic E-state index is 9.44. The molecule has 0 aromatic heterocycles. The van der Waals surface area contributed by atoms with E-state index in [-0.39, 0.29) is 18.6 Å². The summed E-state index contributed by atoms with van der Waals surface area (Å²) in [6, 6.07) is 0. The third-order valence-corrected chi connectivity index (χ3v) is 5.36. The van der Waals surface area contributed by atoms with Gasteiger partial charge in [-0.2, -0.15) is 0 Å². The summed E-state index contributed by atoms with van der Waals surface area (Å²) in [5, 5.41) is 18.7. The van der Waals surface area contributed by atoms with E-state index >= 15 is 0 Å². The van der Waals surface area contributed by atoms with Crippen molar-refractivity contribution in [2.75, 3.05) is 6.61 Å². The van der Waals surface area contributed by atoms with Gasteiger partial charge in [-0.1, -0.05) is 26.8 Å². The fourth-order valence-electron chi connectivity index (χ4n) is 4.20. The van der Waals surface area contributed by atoms with Gasteiger partial charge in [0, 0.05) is 6.61 Å². The van der Waals surface area contributed by atoms with Crippen molar-refractivity contribution in [3.63, 3.8) is 0 Å². The Balaban J connectivity index is 2.25. The van der Waals surface area contributed by atoms with Crippen molar-refractivity contribution in [2.45, 2.75) is 45.6 Å². The highest BCUT2D eigenvalue weighted by Gasteiger charge is 2.47. The van der Waals surface area contributed by atoms with Crippen LogP contribution in [0.3, 0.4) is 0 Å². The van der Waals surface area contributed by atoms with Gasteiger partial charge in [0.15, 0.2) is 0 Å². The first-order chi connectivity index (χ1) is 8.60. The zero-order chi connectivity index (χ0) is 13.3. The van der Waals surface area contributed by atoms with Crippen LogP contribution in [0.15, 0.2) is 12.2 Å². The Hall–Kier alpha value is -0.380. The largest absolute Gasteiger partial charge is 0.396 e. The molecule has 18 heavy (non-hydrogen) atoms.